The van der Waals surface area contributed by atoms with Crippen molar-refractivity contribution in [3.8, 4) is 11.5 Å². The van der Waals surface area contributed by atoms with Crippen LogP contribution in [0.25, 0.3) is 11.5 Å². The Bertz CT molecular complexity index is 948. The molecule has 9 heteroatoms. The SMILES string of the molecule is CN(C)C(=O)N1CCCn2nc(CNc3noc(-c4ccccc4)n3)cc2C1. The number of aromatic nitrogens is 4. The van der Waals surface area contributed by atoms with Crippen LogP contribution >= 0.6 is 0 Å². The Morgan fingerprint density at radius 3 is 2.86 bits per heavy atom. The third kappa shape index (κ3) is 3.83. The third-order valence-electron chi connectivity index (χ3n) is 4.59. The van der Waals surface area contributed by atoms with Gasteiger partial charge in [0, 0.05) is 32.7 Å². The molecule has 1 aromatic carbocycles. The first-order valence-electron chi connectivity index (χ1n) is 9.25. The maximum atomic E-state index is 12.3. The zero-order valence-corrected chi connectivity index (χ0v) is 16.0. The molecule has 1 aliphatic heterocycles. The first-order chi connectivity index (χ1) is 13.6. The monoisotopic (exact) mass is 381 g/mol. The molecule has 0 saturated carbocycles. The summed E-state index contributed by atoms with van der Waals surface area (Å²) in [6, 6.07) is 11.7. The average Bonchev–Trinajstić information content (AvgIpc) is 3.28. The van der Waals surface area contributed by atoms with E-state index in [4.69, 9.17) is 4.52 Å². The van der Waals surface area contributed by atoms with Gasteiger partial charge in [-0.3, -0.25) is 4.68 Å². The second-order valence-corrected chi connectivity index (χ2v) is 6.94. The third-order valence-corrected chi connectivity index (χ3v) is 4.59. The molecule has 0 fully saturated rings. The summed E-state index contributed by atoms with van der Waals surface area (Å²) in [5.74, 6) is 0.896. The van der Waals surface area contributed by atoms with E-state index in [0.29, 0.717) is 24.9 Å². The molecule has 0 spiro atoms. The highest BCUT2D eigenvalue weighted by molar-refractivity contribution is 5.73. The van der Waals surface area contributed by atoms with Crippen LogP contribution in [0.4, 0.5) is 10.7 Å². The standard InChI is InChI=1S/C19H23N7O2/c1-24(2)19(27)25-9-6-10-26-16(13-25)11-15(22-26)12-20-18-21-17(28-23-18)14-7-4-3-5-8-14/h3-5,7-8,11H,6,9-10,12-13H2,1-2H3,(H,20,23). The van der Waals surface area contributed by atoms with Crippen molar-refractivity contribution in [3.05, 3.63) is 47.8 Å². The molecule has 9 nitrogen and oxygen atoms in total. The molecule has 1 N–H and O–H groups in total. The Morgan fingerprint density at radius 1 is 1.25 bits per heavy atom. The smallest absolute Gasteiger partial charge is 0.319 e. The van der Waals surface area contributed by atoms with Gasteiger partial charge < -0.3 is 19.6 Å². The highest BCUT2D eigenvalue weighted by atomic mass is 16.5. The largest absolute Gasteiger partial charge is 0.346 e. The van der Waals surface area contributed by atoms with E-state index in [-0.39, 0.29) is 6.03 Å². The molecular formula is C19H23N7O2. The van der Waals surface area contributed by atoms with Crippen LogP contribution in [0.15, 0.2) is 40.9 Å². The minimum atomic E-state index is 0.0227. The average molecular weight is 381 g/mol. The number of carbonyl (C=O) groups is 1. The lowest BCUT2D eigenvalue weighted by atomic mass is 10.2. The summed E-state index contributed by atoms with van der Waals surface area (Å²) < 4.78 is 7.28. The quantitative estimate of drug-likeness (QED) is 0.746. The molecule has 0 radical (unpaired) electrons. The second kappa shape index (κ2) is 7.71. The number of aryl methyl sites for hydroxylation is 1. The second-order valence-electron chi connectivity index (χ2n) is 6.94. The van der Waals surface area contributed by atoms with Gasteiger partial charge in [0.2, 0.25) is 0 Å². The molecule has 2 aromatic heterocycles. The van der Waals surface area contributed by atoms with E-state index in [0.717, 1.165) is 36.5 Å². The Balaban J connectivity index is 1.41. The molecule has 28 heavy (non-hydrogen) atoms. The van der Waals surface area contributed by atoms with Crippen LogP contribution < -0.4 is 5.32 Å². The van der Waals surface area contributed by atoms with Gasteiger partial charge in [-0.2, -0.15) is 10.1 Å². The van der Waals surface area contributed by atoms with Crippen molar-refractivity contribution in [2.45, 2.75) is 26.1 Å². The van der Waals surface area contributed by atoms with Crippen LogP contribution in [0, 0.1) is 0 Å². The van der Waals surface area contributed by atoms with Gasteiger partial charge in [-0.1, -0.05) is 18.2 Å². The Kier molecular flexibility index (Phi) is 4.96. The number of fused-ring (bicyclic) bond motifs is 1. The van der Waals surface area contributed by atoms with Crippen LogP contribution in [0.2, 0.25) is 0 Å². The predicted molar refractivity (Wildman–Crippen MR) is 103 cm³/mol. The van der Waals surface area contributed by atoms with Gasteiger partial charge in [-0.25, -0.2) is 4.79 Å². The minimum Gasteiger partial charge on any atom is -0.346 e. The van der Waals surface area contributed by atoms with Crippen molar-refractivity contribution in [1.29, 1.82) is 0 Å². The summed E-state index contributed by atoms with van der Waals surface area (Å²) in [5.41, 5.74) is 2.78. The van der Waals surface area contributed by atoms with Gasteiger partial charge in [0.05, 0.1) is 24.5 Å². The van der Waals surface area contributed by atoms with Gasteiger partial charge in [-0.15, -0.1) is 0 Å². The molecule has 4 rings (SSSR count). The molecule has 0 aliphatic carbocycles. The number of urea groups is 1. The molecular weight excluding hydrogens is 358 g/mol. The topological polar surface area (TPSA) is 92.3 Å². The van der Waals surface area contributed by atoms with E-state index in [1.807, 2.05) is 46.0 Å². The summed E-state index contributed by atoms with van der Waals surface area (Å²) in [4.78, 5) is 20.1. The number of hydrogen-bond donors (Lipinski definition) is 1. The Morgan fingerprint density at radius 2 is 2.07 bits per heavy atom. The minimum absolute atomic E-state index is 0.0227. The van der Waals surface area contributed by atoms with E-state index in [1.54, 1.807) is 19.0 Å². The molecule has 146 valence electrons. The van der Waals surface area contributed by atoms with Gasteiger partial charge >= 0.3 is 6.03 Å². The van der Waals surface area contributed by atoms with E-state index < -0.39 is 0 Å². The van der Waals surface area contributed by atoms with Crippen LogP contribution in [-0.2, 0) is 19.6 Å². The lowest BCUT2D eigenvalue weighted by Crippen LogP contribution is -2.38. The van der Waals surface area contributed by atoms with Crippen molar-refractivity contribution >= 4 is 12.0 Å². The summed E-state index contributed by atoms with van der Waals surface area (Å²) in [5, 5.41) is 11.8. The molecule has 0 saturated heterocycles. The van der Waals surface area contributed by atoms with E-state index >= 15 is 0 Å². The fraction of sp³-hybridized carbons (Fsp3) is 0.368. The first kappa shape index (κ1) is 18.0. The molecule has 2 amide bonds. The summed E-state index contributed by atoms with van der Waals surface area (Å²) in [6.07, 6.45) is 0.881. The van der Waals surface area contributed by atoms with Crippen molar-refractivity contribution in [2.75, 3.05) is 26.0 Å². The van der Waals surface area contributed by atoms with Gasteiger partial charge in [-0.05, 0) is 29.8 Å². The van der Waals surface area contributed by atoms with Crippen molar-refractivity contribution in [3.63, 3.8) is 0 Å². The number of carbonyl (C=O) groups excluding carboxylic acids is 1. The lowest BCUT2D eigenvalue weighted by Gasteiger charge is -2.23. The molecule has 1 aliphatic rings. The van der Waals surface area contributed by atoms with Gasteiger partial charge in [0.1, 0.15) is 0 Å². The van der Waals surface area contributed by atoms with E-state index in [9.17, 15) is 4.79 Å². The maximum Gasteiger partial charge on any atom is 0.319 e. The molecule has 0 atom stereocenters. The van der Waals surface area contributed by atoms with Crippen LogP contribution in [-0.4, -0.2) is 56.4 Å². The predicted octanol–water partition coefficient (Wildman–Crippen LogP) is 2.43. The number of rotatable bonds is 4. The fourth-order valence-corrected chi connectivity index (χ4v) is 3.22. The van der Waals surface area contributed by atoms with Crippen LogP contribution in [0.1, 0.15) is 17.8 Å². The molecule has 3 heterocycles. The van der Waals surface area contributed by atoms with E-state index in [1.165, 1.54) is 0 Å². The Hall–Kier alpha value is -3.36. The molecule has 0 unspecified atom stereocenters. The first-order valence-corrected chi connectivity index (χ1v) is 9.25. The van der Waals surface area contributed by atoms with E-state index in [2.05, 4.69) is 20.6 Å². The highest BCUT2D eigenvalue weighted by Crippen LogP contribution is 2.19. The number of nitrogens with zero attached hydrogens (tertiary/aromatic N) is 6. The molecule has 0 bridgehead atoms. The van der Waals surface area contributed by atoms with Gasteiger partial charge in [0.15, 0.2) is 0 Å². The van der Waals surface area contributed by atoms with Crippen molar-refractivity contribution in [2.24, 2.45) is 0 Å². The van der Waals surface area contributed by atoms with Crippen molar-refractivity contribution in [1.82, 2.24) is 29.7 Å². The fourth-order valence-electron chi connectivity index (χ4n) is 3.22. The van der Waals surface area contributed by atoms with Crippen molar-refractivity contribution < 1.29 is 9.32 Å². The number of benzene rings is 1. The summed E-state index contributed by atoms with van der Waals surface area (Å²) in [6.45, 7) is 2.58. The zero-order valence-electron chi connectivity index (χ0n) is 16.0. The summed E-state index contributed by atoms with van der Waals surface area (Å²) >= 11 is 0. The number of anilines is 1. The van der Waals surface area contributed by atoms with Gasteiger partial charge in [0.25, 0.3) is 11.8 Å². The Labute approximate surface area is 162 Å². The normalized spacial score (nSPS) is 13.7. The molecule has 3 aromatic rings. The lowest BCUT2D eigenvalue weighted by molar-refractivity contribution is 0.169. The van der Waals surface area contributed by atoms with Crippen LogP contribution in [0.3, 0.4) is 0 Å². The number of amides is 2. The number of hydrogen-bond acceptors (Lipinski definition) is 6. The highest BCUT2D eigenvalue weighted by Gasteiger charge is 2.21. The number of nitrogens with one attached hydrogen (secondary N) is 1. The summed E-state index contributed by atoms with van der Waals surface area (Å²) in [7, 11) is 3.54. The van der Waals surface area contributed by atoms with Crippen LogP contribution in [0.5, 0.6) is 0 Å². The zero-order chi connectivity index (χ0) is 19.5. The maximum absolute atomic E-state index is 12.3.